The lowest BCUT2D eigenvalue weighted by molar-refractivity contribution is 0.249. The fourth-order valence-corrected chi connectivity index (χ4v) is 2.90. The molecule has 0 aliphatic heterocycles. The van der Waals surface area contributed by atoms with Crippen LogP contribution in [0.5, 0.6) is 0 Å². The van der Waals surface area contributed by atoms with Gasteiger partial charge in [-0.25, -0.2) is 0 Å². The molecule has 3 heteroatoms. The highest BCUT2D eigenvalue weighted by molar-refractivity contribution is 7.47. The first-order chi connectivity index (χ1) is 9.35. The molecule has 0 bridgehead atoms. The van der Waals surface area contributed by atoms with Gasteiger partial charge in [-0.2, -0.15) is 0 Å². The van der Waals surface area contributed by atoms with Gasteiger partial charge in [0.15, 0.2) is 8.38 Å². The van der Waals surface area contributed by atoms with Gasteiger partial charge in [0.05, 0.1) is 13.2 Å². The highest BCUT2D eigenvalue weighted by Gasteiger charge is 2.08. The van der Waals surface area contributed by atoms with Crippen molar-refractivity contribution in [3.05, 3.63) is 36.4 Å². The summed E-state index contributed by atoms with van der Waals surface area (Å²) in [4.78, 5) is 0. The second kappa shape index (κ2) is 15.6. The first kappa shape index (κ1) is 18.6. The molecule has 0 aliphatic carbocycles. The zero-order valence-corrected chi connectivity index (χ0v) is 13.6. The van der Waals surface area contributed by atoms with E-state index in [9.17, 15) is 0 Å². The lowest BCUT2D eigenvalue weighted by Crippen LogP contribution is -1.97. The molecular formula is C16H29O2P. The van der Waals surface area contributed by atoms with Crippen LogP contribution < -0.4 is 0 Å². The second-order valence-electron chi connectivity index (χ2n) is 4.23. The Morgan fingerprint density at radius 3 is 1.42 bits per heavy atom. The zero-order chi connectivity index (χ0) is 14.2. The molecule has 2 nitrogen and oxygen atoms in total. The van der Waals surface area contributed by atoms with E-state index in [1.54, 1.807) is 0 Å². The Kier molecular flexibility index (Phi) is 15.3. The maximum absolute atomic E-state index is 5.64. The molecule has 0 amide bonds. The van der Waals surface area contributed by atoms with Gasteiger partial charge in [0.25, 0.3) is 0 Å². The van der Waals surface area contributed by atoms with Gasteiger partial charge in [0.2, 0.25) is 0 Å². The number of hydrogen-bond donors (Lipinski definition) is 0. The third-order valence-corrected chi connectivity index (χ3v) is 3.86. The Hall–Kier alpha value is -0.430. The highest BCUT2D eigenvalue weighted by atomic mass is 31.2. The van der Waals surface area contributed by atoms with Gasteiger partial charge in [0.1, 0.15) is 0 Å². The molecule has 0 spiro atoms. The van der Waals surface area contributed by atoms with Gasteiger partial charge < -0.3 is 9.05 Å². The van der Waals surface area contributed by atoms with E-state index >= 15 is 0 Å². The molecule has 1 aromatic rings. The maximum Gasteiger partial charge on any atom is 0.170 e. The summed E-state index contributed by atoms with van der Waals surface area (Å²) in [6, 6.07) is 12.0. The summed E-state index contributed by atoms with van der Waals surface area (Å²) in [6.07, 6.45) is 5.72. The molecule has 1 rings (SSSR count). The molecule has 19 heavy (non-hydrogen) atoms. The lowest BCUT2D eigenvalue weighted by atomic mass is 10.4. The van der Waals surface area contributed by atoms with Crippen molar-refractivity contribution in [2.24, 2.45) is 0 Å². The fourth-order valence-electron chi connectivity index (χ4n) is 1.22. The molecule has 1 aromatic carbocycles. The minimum absolute atomic E-state index is 0.578. The minimum atomic E-state index is -0.578. The monoisotopic (exact) mass is 284 g/mol. The summed E-state index contributed by atoms with van der Waals surface area (Å²) < 4.78 is 11.3. The third-order valence-electron chi connectivity index (χ3n) is 2.24. The van der Waals surface area contributed by atoms with E-state index in [1.807, 2.05) is 36.4 Å². The van der Waals surface area contributed by atoms with E-state index in [4.69, 9.17) is 9.05 Å². The molecule has 0 atom stereocenters. The molecular weight excluding hydrogens is 255 g/mol. The molecule has 0 N–H and O–H groups in total. The molecule has 110 valence electrons. The first-order valence-electron chi connectivity index (χ1n) is 7.38. The molecule has 0 radical (unpaired) electrons. The Morgan fingerprint density at radius 2 is 1.11 bits per heavy atom. The van der Waals surface area contributed by atoms with Crippen molar-refractivity contribution in [2.45, 2.75) is 46.5 Å². The van der Waals surface area contributed by atoms with E-state index in [1.165, 1.54) is 12.8 Å². The Labute approximate surface area is 120 Å². The van der Waals surface area contributed by atoms with Gasteiger partial charge >= 0.3 is 0 Å². The molecule has 0 aliphatic rings. The highest BCUT2D eigenvalue weighted by Crippen LogP contribution is 2.39. The van der Waals surface area contributed by atoms with E-state index in [0.29, 0.717) is 0 Å². The van der Waals surface area contributed by atoms with Crippen LogP contribution in [0.3, 0.4) is 0 Å². The van der Waals surface area contributed by atoms with Crippen LogP contribution in [0.15, 0.2) is 36.4 Å². The SMILES string of the molecule is CCCCP(OCCC)OCCC.c1ccccc1. The zero-order valence-electron chi connectivity index (χ0n) is 12.7. The van der Waals surface area contributed by atoms with Crippen molar-refractivity contribution in [1.29, 1.82) is 0 Å². The normalized spacial score (nSPS) is 10.1. The summed E-state index contributed by atoms with van der Waals surface area (Å²) in [5, 5.41) is 0. The van der Waals surface area contributed by atoms with Crippen molar-refractivity contribution < 1.29 is 9.05 Å². The largest absolute Gasteiger partial charge is 0.334 e. The summed E-state index contributed by atoms with van der Waals surface area (Å²) in [7, 11) is -0.578. The Morgan fingerprint density at radius 1 is 0.684 bits per heavy atom. The Balaban J connectivity index is 0.000000443. The molecule has 0 unspecified atom stereocenters. The summed E-state index contributed by atoms with van der Waals surface area (Å²) in [5.41, 5.74) is 0. The molecule has 0 aromatic heterocycles. The third kappa shape index (κ3) is 13.8. The standard InChI is InChI=1S/C10H23O2P.C6H6/c1-4-7-10-13(11-8-5-2)12-9-6-3;1-2-4-6-5-3-1/h4-10H2,1-3H3;1-6H. The van der Waals surface area contributed by atoms with E-state index < -0.39 is 8.38 Å². The average molecular weight is 284 g/mol. The number of hydrogen-bond acceptors (Lipinski definition) is 2. The summed E-state index contributed by atoms with van der Waals surface area (Å²) >= 11 is 0. The molecule has 0 heterocycles. The van der Waals surface area contributed by atoms with Crippen LogP contribution >= 0.6 is 8.38 Å². The van der Waals surface area contributed by atoms with Gasteiger partial charge in [-0.1, -0.05) is 63.6 Å². The van der Waals surface area contributed by atoms with E-state index in [0.717, 1.165) is 32.2 Å². The predicted molar refractivity (Wildman–Crippen MR) is 85.6 cm³/mol. The van der Waals surface area contributed by atoms with Crippen molar-refractivity contribution in [3.8, 4) is 0 Å². The number of rotatable bonds is 9. The average Bonchev–Trinajstić information content (AvgIpc) is 2.49. The van der Waals surface area contributed by atoms with Crippen molar-refractivity contribution >= 4 is 8.38 Å². The van der Waals surface area contributed by atoms with Crippen molar-refractivity contribution in [1.82, 2.24) is 0 Å². The number of benzene rings is 1. The van der Waals surface area contributed by atoms with Crippen molar-refractivity contribution in [2.75, 3.05) is 19.4 Å². The van der Waals surface area contributed by atoms with Crippen LogP contribution in [-0.4, -0.2) is 19.4 Å². The van der Waals surface area contributed by atoms with E-state index in [-0.39, 0.29) is 0 Å². The van der Waals surface area contributed by atoms with Crippen LogP contribution in [0.2, 0.25) is 0 Å². The van der Waals surface area contributed by atoms with Crippen LogP contribution in [0.25, 0.3) is 0 Å². The lowest BCUT2D eigenvalue weighted by Gasteiger charge is -2.16. The topological polar surface area (TPSA) is 18.5 Å². The second-order valence-corrected chi connectivity index (χ2v) is 5.86. The predicted octanol–water partition coefficient (Wildman–Crippen LogP) is 5.64. The molecule has 0 fully saturated rings. The van der Waals surface area contributed by atoms with Crippen LogP contribution in [-0.2, 0) is 9.05 Å². The Bertz CT molecular complexity index is 208. The quantitative estimate of drug-likeness (QED) is 0.546. The smallest absolute Gasteiger partial charge is 0.170 e. The molecule has 0 saturated carbocycles. The van der Waals surface area contributed by atoms with Gasteiger partial charge in [0, 0.05) is 6.16 Å². The summed E-state index contributed by atoms with van der Waals surface area (Å²) in [5.74, 6) is 0. The maximum atomic E-state index is 5.64. The van der Waals surface area contributed by atoms with Gasteiger partial charge in [-0.05, 0) is 19.3 Å². The fraction of sp³-hybridized carbons (Fsp3) is 0.625. The van der Waals surface area contributed by atoms with Gasteiger partial charge in [-0.3, -0.25) is 0 Å². The van der Waals surface area contributed by atoms with Crippen molar-refractivity contribution in [3.63, 3.8) is 0 Å². The van der Waals surface area contributed by atoms with Crippen LogP contribution in [0.4, 0.5) is 0 Å². The number of unbranched alkanes of at least 4 members (excludes halogenated alkanes) is 1. The van der Waals surface area contributed by atoms with Crippen LogP contribution in [0, 0.1) is 0 Å². The molecule has 0 saturated heterocycles. The first-order valence-corrected chi connectivity index (χ1v) is 8.74. The van der Waals surface area contributed by atoms with Crippen LogP contribution in [0.1, 0.15) is 46.5 Å². The van der Waals surface area contributed by atoms with E-state index in [2.05, 4.69) is 20.8 Å². The minimum Gasteiger partial charge on any atom is -0.334 e. The van der Waals surface area contributed by atoms with Gasteiger partial charge in [-0.15, -0.1) is 0 Å². The summed E-state index contributed by atoms with van der Waals surface area (Å²) in [6.45, 7) is 8.16.